The lowest BCUT2D eigenvalue weighted by Gasteiger charge is -1.94. The number of rotatable bonds is 0. The van der Waals surface area contributed by atoms with Crippen LogP contribution in [-0.2, 0) is 6.42 Å². The van der Waals surface area contributed by atoms with Crippen LogP contribution in [-0.4, -0.2) is 15.9 Å². The Morgan fingerprint density at radius 3 is 3.00 bits per heavy atom. The van der Waals surface area contributed by atoms with E-state index in [9.17, 15) is 0 Å². The Kier molecular flexibility index (Phi) is 1.76. The van der Waals surface area contributed by atoms with E-state index in [0.29, 0.717) is 0 Å². The van der Waals surface area contributed by atoms with Gasteiger partial charge in [0.2, 0.25) is 0 Å². The van der Waals surface area contributed by atoms with Gasteiger partial charge < -0.3 is 10.2 Å². The maximum Gasteiger partial charge on any atom is 0.104 e. The van der Waals surface area contributed by atoms with Crippen molar-refractivity contribution in [2.45, 2.75) is 12.8 Å². The van der Waals surface area contributed by atoms with Crippen LogP contribution in [0, 0.1) is 0 Å². The summed E-state index contributed by atoms with van der Waals surface area (Å²) in [4.78, 5) is 3.25. The molecule has 0 spiro atoms. The molecule has 2 N–H and O–H groups in total. The minimum Gasteiger partial charge on any atom is -0.411 e. The summed E-state index contributed by atoms with van der Waals surface area (Å²) in [5.74, 6) is 0. The molecule has 0 aliphatic heterocycles. The smallest absolute Gasteiger partial charge is 0.104 e. The molecule has 3 rings (SSSR count). The van der Waals surface area contributed by atoms with Gasteiger partial charge in [-0.05, 0) is 36.6 Å². The maximum atomic E-state index is 8.83. The van der Waals surface area contributed by atoms with Gasteiger partial charge in [0.25, 0.3) is 0 Å². The monoisotopic (exact) mass is 220 g/mol. The number of aryl methyl sites for hydroxylation is 1. The van der Waals surface area contributed by atoms with Crippen LogP contribution in [0.4, 0.5) is 0 Å². The van der Waals surface area contributed by atoms with E-state index in [1.165, 1.54) is 5.56 Å². The average Bonchev–Trinajstić information content (AvgIpc) is 2.76. The molecule has 1 aliphatic rings. The van der Waals surface area contributed by atoms with Crippen LogP contribution < -0.4 is 0 Å². The van der Waals surface area contributed by atoms with Crippen LogP contribution in [0.1, 0.15) is 17.7 Å². The third kappa shape index (κ3) is 1.16. The molecular formula is C11H9ClN2O. The first-order chi connectivity index (χ1) is 7.29. The van der Waals surface area contributed by atoms with Crippen molar-refractivity contribution in [3.63, 3.8) is 0 Å². The molecule has 0 radical (unpaired) electrons. The number of nitrogens with one attached hydrogen (secondary N) is 1. The highest BCUT2D eigenvalue weighted by Gasteiger charge is 2.23. The summed E-state index contributed by atoms with van der Waals surface area (Å²) in [5.41, 5.74) is 3.94. The highest BCUT2D eigenvalue weighted by molar-refractivity contribution is 6.31. The lowest BCUT2D eigenvalue weighted by Crippen LogP contribution is -1.94. The van der Waals surface area contributed by atoms with E-state index < -0.39 is 0 Å². The van der Waals surface area contributed by atoms with Gasteiger partial charge in [0.05, 0.1) is 5.69 Å². The molecule has 0 unspecified atom stereocenters. The van der Waals surface area contributed by atoms with Crippen molar-refractivity contribution in [1.82, 2.24) is 4.98 Å². The Morgan fingerprint density at radius 1 is 1.33 bits per heavy atom. The number of aromatic amines is 1. The highest BCUT2D eigenvalue weighted by Crippen LogP contribution is 2.31. The van der Waals surface area contributed by atoms with Gasteiger partial charge in [-0.3, -0.25) is 0 Å². The molecule has 1 aliphatic carbocycles. The Balaban J connectivity index is 2.35. The standard InChI is InChI=1S/C11H9ClN2O/c12-6-1-3-9-8(5-6)7-2-4-10(14-15)11(7)13-9/h1,3,5,13,15H,2,4H2/b14-10+. The molecule has 2 aromatic rings. The Labute approximate surface area is 91.4 Å². The SMILES string of the molecule is O/N=C1\CCc2c1[nH]c1ccc(Cl)cc21. The van der Waals surface area contributed by atoms with Crippen molar-refractivity contribution in [3.8, 4) is 0 Å². The number of fused-ring (bicyclic) bond motifs is 3. The van der Waals surface area contributed by atoms with Crippen molar-refractivity contribution in [2.24, 2.45) is 5.16 Å². The van der Waals surface area contributed by atoms with Crippen LogP contribution in [0.25, 0.3) is 10.9 Å². The van der Waals surface area contributed by atoms with Gasteiger partial charge in [-0.2, -0.15) is 0 Å². The van der Waals surface area contributed by atoms with Crippen molar-refractivity contribution in [2.75, 3.05) is 0 Å². The Morgan fingerprint density at radius 2 is 2.20 bits per heavy atom. The minimum atomic E-state index is 0.734. The zero-order valence-corrected chi connectivity index (χ0v) is 8.67. The fraction of sp³-hybridized carbons (Fsp3) is 0.182. The van der Waals surface area contributed by atoms with E-state index in [0.717, 1.165) is 40.2 Å². The predicted molar refractivity (Wildman–Crippen MR) is 60.0 cm³/mol. The molecule has 3 nitrogen and oxygen atoms in total. The molecule has 76 valence electrons. The number of aromatic nitrogens is 1. The van der Waals surface area contributed by atoms with Crippen LogP contribution in [0.15, 0.2) is 23.4 Å². The van der Waals surface area contributed by atoms with Gasteiger partial charge in [-0.25, -0.2) is 0 Å². The molecule has 0 atom stereocenters. The molecule has 15 heavy (non-hydrogen) atoms. The van der Waals surface area contributed by atoms with Gasteiger partial charge in [-0.15, -0.1) is 0 Å². The minimum absolute atomic E-state index is 0.734. The Hall–Kier alpha value is -1.48. The summed E-state index contributed by atoms with van der Waals surface area (Å²) >= 11 is 5.95. The molecule has 0 amide bonds. The van der Waals surface area contributed by atoms with Crippen LogP contribution >= 0.6 is 11.6 Å². The van der Waals surface area contributed by atoms with Gasteiger partial charge in [0.15, 0.2) is 0 Å². The van der Waals surface area contributed by atoms with Crippen molar-refractivity contribution in [3.05, 3.63) is 34.5 Å². The van der Waals surface area contributed by atoms with Crippen LogP contribution in [0.3, 0.4) is 0 Å². The molecule has 0 fully saturated rings. The van der Waals surface area contributed by atoms with Crippen LogP contribution in [0.2, 0.25) is 5.02 Å². The van der Waals surface area contributed by atoms with E-state index in [1.54, 1.807) is 0 Å². The lowest BCUT2D eigenvalue weighted by molar-refractivity contribution is 0.318. The first kappa shape index (κ1) is 8.80. The highest BCUT2D eigenvalue weighted by atomic mass is 35.5. The van der Waals surface area contributed by atoms with E-state index >= 15 is 0 Å². The normalized spacial score (nSPS) is 17.5. The molecule has 4 heteroatoms. The zero-order valence-electron chi connectivity index (χ0n) is 7.92. The second-order valence-electron chi connectivity index (χ2n) is 3.72. The third-order valence-electron chi connectivity index (χ3n) is 2.89. The summed E-state index contributed by atoms with van der Waals surface area (Å²) in [6, 6.07) is 5.75. The average molecular weight is 221 g/mol. The van der Waals surface area contributed by atoms with E-state index in [1.807, 2.05) is 18.2 Å². The quantitative estimate of drug-likeness (QED) is 0.521. The summed E-state index contributed by atoms with van der Waals surface area (Å²) in [6.07, 6.45) is 1.70. The van der Waals surface area contributed by atoms with Gasteiger partial charge in [-0.1, -0.05) is 16.8 Å². The molecule has 1 aromatic carbocycles. The molecular weight excluding hydrogens is 212 g/mol. The van der Waals surface area contributed by atoms with E-state index in [-0.39, 0.29) is 0 Å². The summed E-state index contributed by atoms with van der Waals surface area (Å²) < 4.78 is 0. The number of hydrogen-bond donors (Lipinski definition) is 2. The number of benzene rings is 1. The third-order valence-corrected chi connectivity index (χ3v) is 3.12. The first-order valence-electron chi connectivity index (χ1n) is 4.81. The van der Waals surface area contributed by atoms with E-state index in [2.05, 4.69) is 10.1 Å². The maximum absolute atomic E-state index is 8.83. The molecule has 0 saturated carbocycles. The summed E-state index contributed by atoms with van der Waals surface area (Å²) in [5, 5.41) is 14.0. The molecule has 0 bridgehead atoms. The summed E-state index contributed by atoms with van der Waals surface area (Å²) in [7, 11) is 0. The van der Waals surface area contributed by atoms with Crippen molar-refractivity contribution < 1.29 is 5.21 Å². The largest absolute Gasteiger partial charge is 0.411 e. The van der Waals surface area contributed by atoms with Gasteiger partial charge >= 0.3 is 0 Å². The number of halogens is 1. The fourth-order valence-corrected chi connectivity index (χ4v) is 2.37. The second kappa shape index (κ2) is 3.00. The lowest BCUT2D eigenvalue weighted by atomic mass is 10.1. The van der Waals surface area contributed by atoms with Gasteiger partial charge in [0, 0.05) is 15.9 Å². The van der Waals surface area contributed by atoms with Crippen molar-refractivity contribution in [1.29, 1.82) is 0 Å². The number of H-pyrrole nitrogens is 1. The number of nitrogens with zero attached hydrogens (tertiary/aromatic N) is 1. The molecule has 1 aromatic heterocycles. The van der Waals surface area contributed by atoms with E-state index in [4.69, 9.17) is 16.8 Å². The fourth-order valence-electron chi connectivity index (χ4n) is 2.19. The summed E-state index contributed by atoms with van der Waals surface area (Å²) in [6.45, 7) is 0. The number of oxime groups is 1. The topological polar surface area (TPSA) is 48.4 Å². The molecule has 1 heterocycles. The first-order valence-corrected chi connectivity index (χ1v) is 5.19. The van der Waals surface area contributed by atoms with Gasteiger partial charge in [0.1, 0.15) is 5.71 Å². The van der Waals surface area contributed by atoms with Crippen LogP contribution in [0.5, 0.6) is 0 Å². The zero-order chi connectivity index (χ0) is 10.4. The molecule has 0 saturated heterocycles. The predicted octanol–water partition coefficient (Wildman–Crippen LogP) is 2.95. The Bertz CT molecular complexity index is 571. The second-order valence-corrected chi connectivity index (χ2v) is 4.15. The number of hydrogen-bond acceptors (Lipinski definition) is 2. The van der Waals surface area contributed by atoms with Crippen molar-refractivity contribution >= 4 is 28.2 Å².